The second-order valence-corrected chi connectivity index (χ2v) is 19.0. The molecule has 0 bridgehead atoms. The van der Waals surface area contributed by atoms with E-state index in [-0.39, 0.29) is 36.1 Å². The van der Waals surface area contributed by atoms with Gasteiger partial charge < -0.3 is 9.47 Å². The molecule has 0 fully saturated rings. The molecule has 7 nitrogen and oxygen atoms in total. The van der Waals surface area contributed by atoms with Crippen LogP contribution in [0.15, 0.2) is 132 Å². The maximum absolute atomic E-state index is 15.3. The van der Waals surface area contributed by atoms with E-state index in [1.807, 2.05) is 103 Å². The number of carbonyl (C=O) groups excluding carboxylic acids is 5. The Kier molecular flexibility index (Phi) is 8.64. The average Bonchev–Trinajstić information content (AvgIpc) is 4.13. The molecule has 0 radical (unpaired) electrons. The van der Waals surface area contributed by atoms with Gasteiger partial charge in [-0.3, -0.25) is 24.0 Å². The maximum Gasteiger partial charge on any atom is 0.333 e. The van der Waals surface area contributed by atoms with Crippen molar-refractivity contribution < 1.29 is 33.4 Å². The molecule has 8 aromatic rings. The SMILES string of the molecule is O=C1/C(=C\c2cc3sc4c(c3s2)C(C(=O)OCc2ccccc2)(C(=O)OCc2ccccc2)c2c-4sc3cc(C=C4C(=O)c5ccccc5C4=O)sc23)Cc2ccccc21. The van der Waals surface area contributed by atoms with E-state index in [0.29, 0.717) is 49.4 Å². The summed E-state index contributed by atoms with van der Waals surface area (Å²) in [6, 6.07) is 37.0. The Morgan fingerprint density at radius 2 is 1.02 bits per heavy atom. The third-order valence-electron chi connectivity index (χ3n) is 11.2. The number of thiophene rings is 4. The minimum Gasteiger partial charge on any atom is -0.459 e. The van der Waals surface area contributed by atoms with Crippen LogP contribution in [0.3, 0.4) is 0 Å². The fraction of sp³-hybridized carbons (Fsp3) is 0.0816. The third kappa shape index (κ3) is 5.61. The van der Waals surface area contributed by atoms with Crippen molar-refractivity contribution in [1.29, 1.82) is 0 Å². The van der Waals surface area contributed by atoms with Crippen LogP contribution in [0.4, 0.5) is 0 Å². The van der Waals surface area contributed by atoms with Crippen LogP contribution in [0.5, 0.6) is 0 Å². The van der Waals surface area contributed by atoms with Gasteiger partial charge in [0.2, 0.25) is 5.41 Å². The lowest BCUT2D eigenvalue weighted by Crippen LogP contribution is -2.45. The van der Waals surface area contributed by atoms with E-state index in [1.165, 1.54) is 45.3 Å². The Bertz CT molecular complexity index is 3140. The zero-order valence-electron chi connectivity index (χ0n) is 31.3. The van der Waals surface area contributed by atoms with Gasteiger partial charge in [-0.25, -0.2) is 0 Å². The normalized spacial score (nSPS) is 15.4. The number of hydrogen-bond donors (Lipinski definition) is 0. The first-order valence-electron chi connectivity index (χ1n) is 19.1. The molecule has 0 saturated heterocycles. The van der Waals surface area contributed by atoms with E-state index >= 15 is 9.59 Å². The molecule has 60 heavy (non-hydrogen) atoms. The Hall–Kier alpha value is -6.37. The molecule has 0 amide bonds. The lowest BCUT2D eigenvalue weighted by atomic mass is 9.79. The number of Topliss-reactive ketones (excluding diaryl/α,β-unsaturated/α-hetero) is 3. The maximum atomic E-state index is 15.3. The molecule has 4 heterocycles. The Balaban J connectivity index is 1.09. The van der Waals surface area contributed by atoms with Gasteiger partial charge in [-0.2, -0.15) is 0 Å². The van der Waals surface area contributed by atoms with Gasteiger partial charge in [-0.1, -0.05) is 109 Å². The van der Waals surface area contributed by atoms with Crippen LogP contribution in [0.25, 0.3) is 40.7 Å². The van der Waals surface area contributed by atoms with Crippen molar-refractivity contribution in [3.05, 3.63) is 187 Å². The molecule has 0 atom stereocenters. The number of allylic oxidation sites excluding steroid dienone is 2. The summed E-state index contributed by atoms with van der Waals surface area (Å²) in [5.41, 5.74) is 3.68. The van der Waals surface area contributed by atoms with Crippen molar-refractivity contribution in [3.8, 4) is 9.75 Å². The van der Waals surface area contributed by atoms with Gasteiger partial charge in [0.1, 0.15) is 13.2 Å². The zero-order valence-corrected chi connectivity index (χ0v) is 34.6. The van der Waals surface area contributed by atoms with Crippen molar-refractivity contribution in [2.24, 2.45) is 0 Å². The molecule has 4 aromatic heterocycles. The van der Waals surface area contributed by atoms with Crippen molar-refractivity contribution >= 4 is 106 Å². The number of esters is 2. The summed E-state index contributed by atoms with van der Waals surface area (Å²) in [5.74, 6) is -2.20. The zero-order chi connectivity index (χ0) is 40.7. The predicted molar refractivity (Wildman–Crippen MR) is 237 cm³/mol. The van der Waals surface area contributed by atoms with Crippen molar-refractivity contribution in [1.82, 2.24) is 0 Å². The summed E-state index contributed by atoms with van der Waals surface area (Å²) in [6.07, 6.45) is 4.05. The molecule has 290 valence electrons. The number of fused-ring (bicyclic) bond motifs is 9. The van der Waals surface area contributed by atoms with Crippen LogP contribution >= 0.6 is 45.3 Å². The molecule has 4 aromatic carbocycles. The van der Waals surface area contributed by atoms with E-state index in [0.717, 1.165) is 45.4 Å². The average molecular weight is 857 g/mol. The van der Waals surface area contributed by atoms with Gasteiger partial charge in [0.25, 0.3) is 0 Å². The van der Waals surface area contributed by atoms with Gasteiger partial charge in [-0.05, 0) is 41.0 Å². The van der Waals surface area contributed by atoms with Crippen LogP contribution in [-0.2, 0) is 44.1 Å². The van der Waals surface area contributed by atoms with E-state index in [9.17, 15) is 14.4 Å². The first-order chi connectivity index (χ1) is 29.3. The predicted octanol–water partition coefficient (Wildman–Crippen LogP) is 11.3. The molecule has 0 unspecified atom stereocenters. The van der Waals surface area contributed by atoms with Crippen LogP contribution in [0.2, 0.25) is 0 Å². The molecular weight excluding hydrogens is 829 g/mol. The van der Waals surface area contributed by atoms with E-state index < -0.39 is 17.4 Å². The van der Waals surface area contributed by atoms with Crippen molar-refractivity contribution in [2.75, 3.05) is 0 Å². The second kappa shape index (κ2) is 14.1. The Labute approximate surface area is 358 Å². The summed E-state index contributed by atoms with van der Waals surface area (Å²) in [7, 11) is 0. The summed E-state index contributed by atoms with van der Waals surface area (Å²) >= 11 is 5.71. The first kappa shape index (κ1) is 36.7. The number of hydrogen-bond acceptors (Lipinski definition) is 11. The molecule has 0 N–H and O–H groups in total. The van der Waals surface area contributed by atoms with Crippen LogP contribution in [0, 0.1) is 0 Å². The van der Waals surface area contributed by atoms with Gasteiger partial charge in [0.15, 0.2) is 17.3 Å². The van der Waals surface area contributed by atoms with Gasteiger partial charge >= 0.3 is 11.9 Å². The summed E-state index contributed by atoms with van der Waals surface area (Å²) in [6.45, 7) is -0.148. The highest BCUT2D eigenvalue weighted by atomic mass is 32.1. The lowest BCUT2D eigenvalue weighted by Gasteiger charge is -2.27. The summed E-state index contributed by atoms with van der Waals surface area (Å²) in [5, 5.41) is 0. The molecule has 11 rings (SSSR count). The van der Waals surface area contributed by atoms with Crippen LogP contribution in [0.1, 0.15) is 68.6 Å². The van der Waals surface area contributed by atoms with Crippen molar-refractivity contribution in [2.45, 2.75) is 25.0 Å². The van der Waals surface area contributed by atoms with E-state index in [2.05, 4.69) is 0 Å². The molecule has 0 aliphatic heterocycles. The fourth-order valence-electron chi connectivity index (χ4n) is 8.42. The standard InChI is InChI=1S/C49H28O7S4/c50-40-29(19-28-15-7-8-16-32(28)40)20-30-22-36-43(57-30)38-45(59-36)46-39(44-37(60-46)23-31(58-44)21-35-41(51)33-17-9-10-18-34(33)42(35)52)49(38,47(53)55-24-26-11-3-1-4-12-26)48(54)56-25-27-13-5-2-6-14-27/h1-18,20-23H,19,24-25H2/b29-20-. The van der Waals surface area contributed by atoms with Crippen molar-refractivity contribution in [3.63, 3.8) is 0 Å². The number of ether oxygens (including phenoxy) is 2. The van der Waals surface area contributed by atoms with Gasteiger partial charge in [0, 0.05) is 59.0 Å². The smallest absolute Gasteiger partial charge is 0.333 e. The highest BCUT2D eigenvalue weighted by molar-refractivity contribution is 7.35. The summed E-state index contributed by atoms with van der Waals surface area (Å²) < 4.78 is 15.5. The quantitative estimate of drug-likeness (QED) is 0.0649. The largest absolute Gasteiger partial charge is 0.459 e. The molecule has 3 aliphatic rings. The summed E-state index contributed by atoms with van der Waals surface area (Å²) in [4.78, 5) is 73.9. The third-order valence-corrected chi connectivity index (χ3v) is 16.1. The van der Waals surface area contributed by atoms with Crippen LogP contribution < -0.4 is 0 Å². The lowest BCUT2D eigenvalue weighted by molar-refractivity contribution is -0.164. The minimum atomic E-state index is -2.02. The molecular formula is C49H28O7S4. The second-order valence-electron chi connectivity index (χ2n) is 14.8. The molecule has 3 aliphatic carbocycles. The van der Waals surface area contributed by atoms with Gasteiger partial charge in [-0.15, -0.1) is 45.3 Å². The Morgan fingerprint density at radius 3 is 1.53 bits per heavy atom. The van der Waals surface area contributed by atoms with Gasteiger partial charge in [0.05, 0.1) is 24.7 Å². The highest BCUT2D eigenvalue weighted by Gasteiger charge is 2.62. The van der Waals surface area contributed by atoms with Crippen LogP contribution in [-0.4, -0.2) is 29.3 Å². The Morgan fingerprint density at radius 1 is 0.550 bits per heavy atom. The minimum absolute atomic E-state index is 0.00571. The number of benzene rings is 4. The monoisotopic (exact) mass is 856 g/mol. The first-order valence-corrected chi connectivity index (χ1v) is 22.4. The number of rotatable bonds is 8. The molecule has 0 saturated carbocycles. The van der Waals surface area contributed by atoms with E-state index in [1.54, 1.807) is 30.3 Å². The molecule has 11 heteroatoms. The topological polar surface area (TPSA) is 104 Å². The fourth-order valence-corrected chi connectivity index (χ4v) is 14.0. The number of ketones is 3. The van der Waals surface area contributed by atoms with E-state index in [4.69, 9.17) is 9.47 Å². The highest BCUT2D eigenvalue weighted by Crippen LogP contribution is 2.63. The number of carbonyl (C=O) groups is 5. The molecule has 0 spiro atoms.